The van der Waals surface area contributed by atoms with E-state index in [2.05, 4.69) is 0 Å². The Labute approximate surface area is 82.8 Å². The van der Waals surface area contributed by atoms with E-state index in [-0.39, 0.29) is 11.7 Å². The van der Waals surface area contributed by atoms with Gasteiger partial charge in [-0.25, -0.2) is 0 Å². The van der Waals surface area contributed by atoms with Crippen molar-refractivity contribution in [1.82, 2.24) is 0 Å². The summed E-state index contributed by atoms with van der Waals surface area (Å²) in [5.41, 5.74) is 6.37. The van der Waals surface area contributed by atoms with Gasteiger partial charge in [-0.05, 0) is 24.8 Å². The Kier molecular flexibility index (Phi) is 3.63. The lowest BCUT2D eigenvalue weighted by molar-refractivity contribution is 0.0921. The Morgan fingerprint density at radius 2 is 2.38 bits per heavy atom. The highest BCUT2D eigenvalue weighted by Crippen LogP contribution is 2.19. The van der Waals surface area contributed by atoms with Crippen LogP contribution >= 0.6 is 11.3 Å². The Hall–Kier alpha value is -0.670. The van der Waals surface area contributed by atoms with E-state index >= 15 is 0 Å². The molecule has 0 saturated heterocycles. The van der Waals surface area contributed by atoms with E-state index in [4.69, 9.17) is 5.73 Å². The second-order valence-electron chi connectivity index (χ2n) is 3.10. The molecule has 1 rings (SSSR count). The Morgan fingerprint density at radius 1 is 1.69 bits per heavy atom. The van der Waals surface area contributed by atoms with Crippen molar-refractivity contribution < 1.29 is 4.79 Å². The fourth-order valence-corrected chi connectivity index (χ4v) is 2.02. The zero-order chi connectivity index (χ0) is 9.84. The van der Waals surface area contributed by atoms with Gasteiger partial charge < -0.3 is 5.73 Å². The molecule has 2 N–H and O–H groups in total. The number of carbonyl (C=O) groups is 1. The number of ketones is 1. The quantitative estimate of drug-likeness (QED) is 0.752. The molecule has 0 aliphatic heterocycles. The molecular weight excluding hydrogens is 182 g/mol. The third-order valence-electron chi connectivity index (χ3n) is 2.27. The first-order valence-corrected chi connectivity index (χ1v) is 5.37. The average Bonchev–Trinajstić information content (AvgIpc) is 2.53. The van der Waals surface area contributed by atoms with Gasteiger partial charge in [-0.15, -0.1) is 11.3 Å². The van der Waals surface area contributed by atoms with Crippen LogP contribution in [0.4, 0.5) is 0 Å². The summed E-state index contributed by atoms with van der Waals surface area (Å²) < 4.78 is 0. The van der Waals surface area contributed by atoms with Gasteiger partial charge in [0, 0.05) is 22.9 Å². The van der Waals surface area contributed by atoms with Crippen LogP contribution in [-0.4, -0.2) is 12.3 Å². The van der Waals surface area contributed by atoms with Gasteiger partial charge in [0.2, 0.25) is 0 Å². The van der Waals surface area contributed by atoms with Gasteiger partial charge in [-0.2, -0.15) is 0 Å². The van der Waals surface area contributed by atoms with E-state index in [1.807, 2.05) is 25.3 Å². The summed E-state index contributed by atoms with van der Waals surface area (Å²) >= 11 is 1.61. The molecule has 3 heteroatoms. The predicted octanol–water partition coefficient (Wildman–Crippen LogP) is 2.22. The molecule has 0 spiro atoms. The van der Waals surface area contributed by atoms with Crippen molar-refractivity contribution in [2.24, 2.45) is 11.7 Å². The number of nitrogens with two attached hydrogens (primary N) is 1. The average molecular weight is 197 g/mol. The van der Waals surface area contributed by atoms with Crippen LogP contribution in [0.3, 0.4) is 0 Å². The van der Waals surface area contributed by atoms with Crippen LogP contribution in [-0.2, 0) is 0 Å². The fourth-order valence-electron chi connectivity index (χ4n) is 1.32. The molecule has 0 bridgehead atoms. The number of carbonyl (C=O) groups excluding carboxylic acids is 1. The number of thiophene rings is 1. The first kappa shape index (κ1) is 10.4. The van der Waals surface area contributed by atoms with Crippen LogP contribution < -0.4 is 5.73 Å². The maximum atomic E-state index is 11.8. The second kappa shape index (κ2) is 4.53. The van der Waals surface area contributed by atoms with Crippen LogP contribution in [0, 0.1) is 12.8 Å². The Morgan fingerprint density at radius 3 is 2.77 bits per heavy atom. The van der Waals surface area contributed by atoms with E-state index < -0.39 is 0 Å². The fraction of sp³-hybridized carbons (Fsp3) is 0.500. The first-order chi connectivity index (χ1) is 6.20. The van der Waals surface area contributed by atoms with Crippen LogP contribution in [0.5, 0.6) is 0 Å². The van der Waals surface area contributed by atoms with Gasteiger partial charge in [0.05, 0.1) is 0 Å². The molecule has 72 valence electrons. The molecule has 1 atom stereocenters. The summed E-state index contributed by atoms with van der Waals surface area (Å²) in [5.74, 6) is 0.192. The zero-order valence-electron chi connectivity index (χ0n) is 8.04. The summed E-state index contributed by atoms with van der Waals surface area (Å²) in [4.78, 5) is 12.9. The smallest absolute Gasteiger partial charge is 0.168 e. The molecule has 0 fully saturated rings. The summed E-state index contributed by atoms with van der Waals surface area (Å²) in [6.07, 6.45) is 0.824. The highest BCUT2D eigenvalue weighted by Gasteiger charge is 2.18. The van der Waals surface area contributed by atoms with Gasteiger partial charge in [-0.1, -0.05) is 6.92 Å². The molecule has 1 heterocycles. The maximum absolute atomic E-state index is 11.8. The number of hydrogen-bond donors (Lipinski definition) is 1. The molecule has 1 aromatic heterocycles. The summed E-state index contributed by atoms with van der Waals surface area (Å²) in [6, 6.07) is 1.89. The minimum absolute atomic E-state index is 0.00620. The van der Waals surface area contributed by atoms with Crippen LogP contribution in [0.25, 0.3) is 0 Å². The molecule has 1 unspecified atom stereocenters. The van der Waals surface area contributed by atoms with E-state index in [0.29, 0.717) is 6.54 Å². The van der Waals surface area contributed by atoms with E-state index in [1.165, 1.54) is 0 Å². The van der Waals surface area contributed by atoms with Crippen molar-refractivity contribution in [3.05, 3.63) is 21.9 Å². The van der Waals surface area contributed by atoms with Crippen LogP contribution in [0.2, 0.25) is 0 Å². The van der Waals surface area contributed by atoms with Crippen LogP contribution in [0.15, 0.2) is 11.4 Å². The van der Waals surface area contributed by atoms with Crippen LogP contribution in [0.1, 0.15) is 28.6 Å². The molecule has 0 saturated carbocycles. The van der Waals surface area contributed by atoms with E-state index in [1.54, 1.807) is 11.3 Å². The largest absolute Gasteiger partial charge is 0.330 e. The second-order valence-corrected chi connectivity index (χ2v) is 4.22. The monoisotopic (exact) mass is 197 g/mol. The van der Waals surface area contributed by atoms with Crippen molar-refractivity contribution in [3.8, 4) is 0 Å². The van der Waals surface area contributed by atoms with Gasteiger partial charge in [0.1, 0.15) is 0 Å². The lowest BCUT2D eigenvalue weighted by Crippen LogP contribution is -2.23. The predicted molar refractivity (Wildman–Crippen MR) is 56.2 cm³/mol. The molecule has 1 aromatic rings. The Balaban J connectivity index is 2.84. The molecular formula is C10H15NOS. The van der Waals surface area contributed by atoms with Crippen molar-refractivity contribution in [2.45, 2.75) is 20.3 Å². The van der Waals surface area contributed by atoms with Gasteiger partial charge in [-0.3, -0.25) is 4.79 Å². The molecule has 0 amide bonds. The summed E-state index contributed by atoms with van der Waals surface area (Å²) in [5, 5.41) is 1.95. The number of Topliss-reactive ketones (excluding diaryl/α,β-unsaturated/α-hetero) is 1. The molecule has 0 aliphatic carbocycles. The minimum atomic E-state index is -0.00620. The normalized spacial score (nSPS) is 12.8. The van der Waals surface area contributed by atoms with Crippen molar-refractivity contribution in [3.63, 3.8) is 0 Å². The number of hydrogen-bond acceptors (Lipinski definition) is 3. The molecule has 13 heavy (non-hydrogen) atoms. The van der Waals surface area contributed by atoms with Gasteiger partial charge >= 0.3 is 0 Å². The number of aryl methyl sites for hydroxylation is 1. The van der Waals surface area contributed by atoms with Crippen molar-refractivity contribution >= 4 is 17.1 Å². The topological polar surface area (TPSA) is 43.1 Å². The standard InChI is InChI=1S/C10H15NOS/c1-3-8(6-11)10(12)9-4-5-13-7(9)2/h4-5,8H,3,6,11H2,1-2H3. The Bertz CT molecular complexity index is 289. The summed E-state index contributed by atoms with van der Waals surface area (Å²) in [7, 11) is 0. The summed E-state index contributed by atoms with van der Waals surface area (Å²) in [6.45, 7) is 4.42. The van der Waals surface area contributed by atoms with E-state index in [9.17, 15) is 4.79 Å². The van der Waals surface area contributed by atoms with Crippen molar-refractivity contribution in [1.29, 1.82) is 0 Å². The van der Waals surface area contributed by atoms with Gasteiger partial charge in [0.15, 0.2) is 5.78 Å². The third kappa shape index (κ3) is 2.17. The molecule has 0 aromatic carbocycles. The first-order valence-electron chi connectivity index (χ1n) is 4.49. The highest BCUT2D eigenvalue weighted by atomic mass is 32.1. The maximum Gasteiger partial charge on any atom is 0.168 e. The molecule has 0 radical (unpaired) electrons. The number of rotatable bonds is 4. The lowest BCUT2D eigenvalue weighted by Gasteiger charge is -2.09. The van der Waals surface area contributed by atoms with Crippen molar-refractivity contribution in [2.75, 3.05) is 6.54 Å². The zero-order valence-corrected chi connectivity index (χ0v) is 8.86. The SMILES string of the molecule is CCC(CN)C(=O)c1ccsc1C. The lowest BCUT2D eigenvalue weighted by atomic mass is 9.96. The van der Waals surface area contributed by atoms with E-state index in [0.717, 1.165) is 16.9 Å². The third-order valence-corrected chi connectivity index (χ3v) is 3.12. The highest BCUT2D eigenvalue weighted by molar-refractivity contribution is 7.10. The van der Waals surface area contributed by atoms with Gasteiger partial charge in [0.25, 0.3) is 0 Å². The molecule has 2 nitrogen and oxygen atoms in total. The minimum Gasteiger partial charge on any atom is -0.330 e. The molecule has 0 aliphatic rings.